The van der Waals surface area contributed by atoms with Gasteiger partial charge in [-0.05, 0) is 35.6 Å². The second kappa shape index (κ2) is 6.37. The van der Waals surface area contributed by atoms with Crippen molar-refractivity contribution in [1.82, 2.24) is 10.3 Å². The summed E-state index contributed by atoms with van der Waals surface area (Å²) < 4.78 is 1.11. The van der Waals surface area contributed by atoms with E-state index in [1.54, 1.807) is 0 Å². The quantitative estimate of drug-likeness (QED) is 0.734. The van der Waals surface area contributed by atoms with E-state index in [2.05, 4.69) is 75.6 Å². The molecule has 0 aliphatic carbocycles. The molecule has 1 heterocycles. The molecule has 0 spiro atoms. The third-order valence-electron chi connectivity index (χ3n) is 3.72. The first-order valence-electron chi connectivity index (χ1n) is 7.04. The number of aromatic nitrogens is 1. The van der Waals surface area contributed by atoms with Crippen LogP contribution in [0.3, 0.4) is 0 Å². The Kier molecular flexibility index (Phi) is 4.32. The largest absolute Gasteiger partial charge is 0.306 e. The number of nitrogens with one attached hydrogen (secondary N) is 1. The van der Waals surface area contributed by atoms with Crippen molar-refractivity contribution in [2.24, 2.45) is 0 Å². The lowest BCUT2D eigenvalue weighted by Crippen LogP contribution is -2.18. The van der Waals surface area contributed by atoms with Crippen LogP contribution in [0.1, 0.15) is 24.1 Å². The van der Waals surface area contributed by atoms with Crippen molar-refractivity contribution in [1.29, 1.82) is 0 Å². The molecule has 2 nitrogen and oxygen atoms in total. The summed E-state index contributed by atoms with van der Waals surface area (Å²) in [6.07, 6.45) is 3.86. The standard InChI is InChI=1S/C18H17BrN2/c1-13(14-6-8-17(19)9-7-14)21-12-16-11-20-10-15-4-2-3-5-18(15)16/h2-11,13,21H,12H2,1H3/t13-/m1/s1. The van der Waals surface area contributed by atoms with E-state index in [9.17, 15) is 0 Å². The fourth-order valence-corrected chi connectivity index (χ4v) is 2.72. The van der Waals surface area contributed by atoms with E-state index in [0.29, 0.717) is 6.04 Å². The van der Waals surface area contributed by atoms with Gasteiger partial charge in [0.2, 0.25) is 0 Å². The van der Waals surface area contributed by atoms with Crippen LogP contribution >= 0.6 is 15.9 Å². The average molecular weight is 341 g/mol. The first-order chi connectivity index (χ1) is 10.2. The number of hydrogen-bond donors (Lipinski definition) is 1. The predicted octanol–water partition coefficient (Wildman–Crippen LogP) is 4.85. The van der Waals surface area contributed by atoms with Crippen LogP contribution in [-0.4, -0.2) is 4.98 Å². The van der Waals surface area contributed by atoms with Gasteiger partial charge in [0, 0.05) is 34.8 Å². The number of halogens is 1. The van der Waals surface area contributed by atoms with Gasteiger partial charge in [0.05, 0.1) is 0 Å². The van der Waals surface area contributed by atoms with Gasteiger partial charge in [0.15, 0.2) is 0 Å². The Hall–Kier alpha value is -1.71. The molecule has 21 heavy (non-hydrogen) atoms. The van der Waals surface area contributed by atoms with Crippen molar-refractivity contribution in [2.45, 2.75) is 19.5 Å². The molecule has 0 radical (unpaired) electrons. The molecular formula is C18H17BrN2. The van der Waals surface area contributed by atoms with E-state index in [0.717, 1.165) is 11.0 Å². The average Bonchev–Trinajstić information content (AvgIpc) is 2.53. The van der Waals surface area contributed by atoms with Crippen LogP contribution in [0.5, 0.6) is 0 Å². The van der Waals surface area contributed by atoms with Gasteiger partial charge in [0.25, 0.3) is 0 Å². The van der Waals surface area contributed by atoms with Gasteiger partial charge in [-0.2, -0.15) is 0 Å². The van der Waals surface area contributed by atoms with Crippen molar-refractivity contribution in [3.8, 4) is 0 Å². The summed E-state index contributed by atoms with van der Waals surface area (Å²) in [5, 5.41) is 6.03. The molecule has 1 aromatic heterocycles. The number of pyridine rings is 1. The Morgan fingerprint density at radius 3 is 2.62 bits per heavy atom. The molecule has 0 aliphatic heterocycles. The molecule has 0 saturated heterocycles. The van der Waals surface area contributed by atoms with E-state index >= 15 is 0 Å². The molecule has 0 fully saturated rings. The van der Waals surface area contributed by atoms with E-state index in [1.165, 1.54) is 21.9 Å². The zero-order valence-electron chi connectivity index (χ0n) is 11.9. The van der Waals surface area contributed by atoms with Gasteiger partial charge in [-0.1, -0.05) is 52.3 Å². The summed E-state index contributed by atoms with van der Waals surface area (Å²) in [6.45, 7) is 2.99. The van der Waals surface area contributed by atoms with Gasteiger partial charge in [-0.25, -0.2) is 0 Å². The molecular weight excluding hydrogens is 324 g/mol. The Morgan fingerprint density at radius 2 is 1.81 bits per heavy atom. The Bertz CT molecular complexity index is 732. The molecule has 3 rings (SSSR count). The molecule has 3 heteroatoms. The topological polar surface area (TPSA) is 24.9 Å². The van der Waals surface area contributed by atoms with E-state index < -0.39 is 0 Å². The lowest BCUT2D eigenvalue weighted by atomic mass is 10.1. The Morgan fingerprint density at radius 1 is 1.05 bits per heavy atom. The van der Waals surface area contributed by atoms with Gasteiger partial charge >= 0.3 is 0 Å². The maximum absolute atomic E-state index is 4.33. The maximum atomic E-state index is 4.33. The van der Waals surface area contributed by atoms with Gasteiger partial charge in [-0.15, -0.1) is 0 Å². The lowest BCUT2D eigenvalue weighted by Gasteiger charge is -2.15. The molecule has 0 unspecified atom stereocenters. The van der Waals surface area contributed by atoms with Crippen LogP contribution in [0.4, 0.5) is 0 Å². The highest BCUT2D eigenvalue weighted by Gasteiger charge is 2.06. The summed E-state index contributed by atoms with van der Waals surface area (Å²) in [4.78, 5) is 4.33. The molecule has 1 atom stereocenters. The first-order valence-corrected chi connectivity index (χ1v) is 7.84. The molecule has 0 saturated carbocycles. The van der Waals surface area contributed by atoms with Gasteiger partial charge < -0.3 is 5.32 Å². The molecule has 106 valence electrons. The fourth-order valence-electron chi connectivity index (χ4n) is 2.45. The molecule has 3 aromatic rings. The SMILES string of the molecule is C[C@@H](NCc1cncc2ccccc12)c1ccc(Br)cc1. The zero-order chi connectivity index (χ0) is 14.7. The second-order valence-corrected chi connectivity index (χ2v) is 6.09. The number of rotatable bonds is 4. The van der Waals surface area contributed by atoms with Gasteiger partial charge in [-0.3, -0.25) is 4.98 Å². The Balaban J connectivity index is 1.76. The second-order valence-electron chi connectivity index (χ2n) is 5.17. The van der Waals surface area contributed by atoms with E-state index in [1.807, 2.05) is 18.5 Å². The van der Waals surface area contributed by atoms with Crippen molar-refractivity contribution >= 4 is 26.7 Å². The van der Waals surface area contributed by atoms with Crippen molar-refractivity contribution < 1.29 is 0 Å². The van der Waals surface area contributed by atoms with Crippen molar-refractivity contribution in [3.63, 3.8) is 0 Å². The molecule has 0 aliphatic rings. The van der Waals surface area contributed by atoms with Crippen LogP contribution in [-0.2, 0) is 6.54 Å². The normalized spacial score (nSPS) is 12.5. The van der Waals surface area contributed by atoms with E-state index in [-0.39, 0.29) is 0 Å². The number of nitrogens with zero attached hydrogens (tertiary/aromatic N) is 1. The molecule has 2 aromatic carbocycles. The summed E-state index contributed by atoms with van der Waals surface area (Å²) in [5.74, 6) is 0. The van der Waals surface area contributed by atoms with Crippen LogP contribution in [0.2, 0.25) is 0 Å². The Labute approximate surface area is 133 Å². The van der Waals surface area contributed by atoms with Crippen molar-refractivity contribution in [2.75, 3.05) is 0 Å². The monoisotopic (exact) mass is 340 g/mol. The highest BCUT2D eigenvalue weighted by atomic mass is 79.9. The summed E-state index contributed by atoms with van der Waals surface area (Å²) in [7, 11) is 0. The third-order valence-corrected chi connectivity index (χ3v) is 4.25. The highest BCUT2D eigenvalue weighted by Crippen LogP contribution is 2.20. The summed E-state index contributed by atoms with van der Waals surface area (Å²) in [6, 6.07) is 17.1. The van der Waals surface area contributed by atoms with Crippen LogP contribution < -0.4 is 5.32 Å². The number of fused-ring (bicyclic) bond motifs is 1. The number of benzene rings is 2. The zero-order valence-corrected chi connectivity index (χ0v) is 13.5. The maximum Gasteiger partial charge on any atom is 0.0346 e. The van der Waals surface area contributed by atoms with Crippen LogP contribution in [0.25, 0.3) is 10.8 Å². The smallest absolute Gasteiger partial charge is 0.0346 e. The molecule has 0 amide bonds. The summed E-state index contributed by atoms with van der Waals surface area (Å²) >= 11 is 3.47. The fraction of sp³-hybridized carbons (Fsp3) is 0.167. The van der Waals surface area contributed by atoms with Gasteiger partial charge in [0.1, 0.15) is 0 Å². The van der Waals surface area contributed by atoms with E-state index in [4.69, 9.17) is 0 Å². The van der Waals surface area contributed by atoms with Crippen LogP contribution in [0.15, 0.2) is 65.4 Å². The minimum absolute atomic E-state index is 0.303. The highest BCUT2D eigenvalue weighted by molar-refractivity contribution is 9.10. The summed E-state index contributed by atoms with van der Waals surface area (Å²) in [5.41, 5.74) is 2.52. The van der Waals surface area contributed by atoms with Crippen molar-refractivity contribution in [3.05, 3.63) is 76.5 Å². The van der Waals surface area contributed by atoms with Crippen LogP contribution in [0, 0.1) is 0 Å². The first kappa shape index (κ1) is 14.2. The lowest BCUT2D eigenvalue weighted by molar-refractivity contribution is 0.575. The minimum Gasteiger partial charge on any atom is -0.306 e. The molecule has 0 bridgehead atoms. The number of hydrogen-bond acceptors (Lipinski definition) is 2. The minimum atomic E-state index is 0.303. The third kappa shape index (κ3) is 3.31. The predicted molar refractivity (Wildman–Crippen MR) is 91.1 cm³/mol. The molecule has 1 N–H and O–H groups in total.